The number of amides is 4. The van der Waals surface area contributed by atoms with Gasteiger partial charge in [0.15, 0.2) is 0 Å². The molecule has 1 saturated heterocycles. The number of hydrogen-bond acceptors (Lipinski definition) is 3. The molecule has 1 aromatic rings. The molecule has 6 nitrogen and oxygen atoms in total. The minimum absolute atomic E-state index is 0.127. The quantitative estimate of drug-likeness (QED) is 0.744. The molecule has 2 saturated carbocycles. The van der Waals surface area contributed by atoms with Crippen LogP contribution in [0.5, 0.6) is 0 Å². The lowest BCUT2D eigenvalue weighted by Gasteiger charge is -2.34. The molecule has 1 aromatic carbocycles. The van der Waals surface area contributed by atoms with E-state index in [1.807, 2.05) is 0 Å². The van der Waals surface area contributed by atoms with Crippen LogP contribution in [-0.4, -0.2) is 45.8 Å². The van der Waals surface area contributed by atoms with Gasteiger partial charge in [-0.3, -0.25) is 14.5 Å². The number of hydrogen-bond donors (Lipinski definition) is 1. The lowest BCUT2D eigenvalue weighted by atomic mass is 9.75. The zero-order chi connectivity index (χ0) is 20.6. The standard InChI is InChI=1S/C22H28FN3O3/c1-2-15-9-11-22(12-10-15)20(28)26(21(29)24-22)14-19(27)25(18-7-8-18)13-16-3-5-17(23)6-4-16/h3-6,15,18H,2,7-14H2,1H3,(H,24,29). The van der Waals surface area contributed by atoms with Crippen molar-refractivity contribution in [2.75, 3.05) is 6.54 Å². The van der Waals surface area contributed by atoms with E-state index in [1.54, 1.807) is 17.0 Å². The molecule has 0 bridgehead atoms. The summed E-state index contributed by atoms with van der Waals surface area (Å²) in [4.78, 5) is 41.4. The van der Waals surface area contributed by atoms with E-state index < -0.39 is 11.6 Å². The fourth-order valence-electron chi connectivity index (χ4n) is 4.56. The second kappa shape index (κ2) is 7.76. The highest BCUT2D eigenvalue weighted by Gasteiger charge is 2.53. The molecule has 0 aromatic heterocycles. The third kappa shape index (κ3) is 4.00. The van der Waals surface area contributed by atoms with E-state index in [1.165, 1.54) is 12.1 Å². The van der Waals surface area contributed by atoms with E-state index in [0.29, 0.717) is 25.3 Å². The van der Waals surface area contributed by atoms with Crippen molar-refractivity contribution in [3.8, 4) is 0 Å². The number of urea groups is 1. The molecule has 156 valence electrons. The average molecular weight is 401 g/mol. The highest BCUT2D eigenvalue weighted by Crippen LogP contribution is 2.38. The Morgan fingerprint density at radius 1 is 1.17 bits per heavy atom. The Morgan fingerprint density at radius 3 is 2.41 bits per heavy atom. The molecule has 7 heteroatoms. The number of nitrogens with one attached hydrogen (secondary N) is 1. The van der Waals surface area contributed by atoms with Gasteiger partial charge < -0.3 is 10.2 Å². The minimum Gasteiger partial charge on any atom is -0.334 e. The van der Waals surface area contributed by atoms with Crippen molar-refractivity contribution < 1.29 is 18.8 Å². The van der Waals surface area contributed by atoms with Gasteiger partial charge in [-0.15, -0.1) is 0 Å². The number of imide groups is 1. The van der Waals surface area contributed by atoms with Gasteiger partial charge in [0, 0.05) is 12.6 Å². The SMILES string of the molecule is CCC1CCC2(CC1)NC(=O)N(CC(=O)N(Cc1ccc(F)cc1)C1CC1)C2=O. The van der Waals surface area contributed by atoms with Gasteiger partial charge in [-0.2, -0.15) is 0 Å². The molecule has 1 aliphatic heterocycles. The van der Waals surface area contributed by atoms with Crippen LogP contribution in [-0.2, 0) is 16.1 Å². The molecule has 1 N–H and O–H groups in total. The van der Waals surface area contributed by atoms with Crippen molar-refractivity contribution in [2.45, 2.75) is 70.0 Å². The second-order valence-electron chi connectivity index (χ2n) is 8.63. The predicted molar refractivity (Wildman–Crippen MR) is 105 cm³/mol. The monoisotopic (exact) mass is 401 g/mol. The number of benzene rings is 1. The Balaban J connectivity index is 1.43. The summed E-state index contributed by atoms with van der Waals surface area (Å²) in [5.74, 6) is -0.217. The molecule has 1 heterocycles. The van der Waals surface area contributed by atoms with Crippen LogP contribution in [0, 0.1) is 11.7 Å². The molecule has 29 heavy (non-hydrogen) atoms. The Labute approximate surface area is 170 Å². The third-order valence-electron chi connectivity index (χ3n) is 6.65. The minimum atomic E-state index is -0.829. The molecule has 3 aliphatic rings. The summed E-state index contributed by atoms with van der Waals surface area (Å²) in [6.07, 6.45) is 6.03. The summed E-state index contributed by atoms with van der Waals surface area (Å²) in [5.41, 5.74) is 0.00271. The first kappa shape index (κ1) is 19.9. The van der Waals surface area contributed by atoms with Crippen LogP contribution in [0.4, 0.5) is 9.18 Å². The van der Waals surface area contributed by atoms with E-state index in [0.717, 1.165) is 42.6 Å². The molecule has 4 amide bonds. The summed E-state index contributed by atoms with van der Waals surface area (Å²) < 4.78 is 13.2. The Hall–Kier alpha value is -2.44. The molecular formula is C22H28FN3O3. The summed E-state index contributed by atoms with van der Waals surface area (Å²) in [7, 11) is 0. The van der Waals surface area contributed by atoms with Gasteiger partial charge in [0.05, 0.1) is 0 Å². The zero-order valence-electron chi connectivity index (χ0n) is 16.8. The molecular weight excluding hydrogens is 373 g/mol. The number of carbonyl (C=O) groups is 3. The Bertz CT molecular complexity index is 798. The topological polar surface area (TPSA) is 69.7 Å². The average Bonchev–Trinajstić information content (AvgIpc) is 3.53. The van der Waals surface area contributed by atoms with Gasteiger partial charge in [-0.05, 0) is 62.1 Å². The highest BCUT2D eigenvalue weighted by molar-refractivity contribution is 6.09. The van der Waals surface area contributed by atoms with Crippen molar-refractivity contribution in [1.29, 1.82) is 0 Å². The first-order valence-corrected chi connectivity index (χ1v) is 10.6. The molecule has 0 radical (unpaired) electrons. The van der Waals surface area contributed by atoms with Crippen LogP contribution in [0.25, 0.3) is 0 Å². The number of nitrogens with zero attached hydrogens (tertiary/aromatic N) is 2. The van der Waals surface area contributed by atoms with Crippen LogP contribution < -0.4 is 5.32 Å². The second-order valence-corrected chi connectivity index (χ2v) is 8.63. The maximum atomic E-state index is 13.2. The first-order chi connectivity index (χ1) is 13.9. The molecule has 2 aliphatic carbocycles. The van der Waals surface area contributed by atoms with Crippen molar-refractivity contribution >= 4 is 17.8 Å². The largest absolute Gasteiger partial charge is 0.334 e. The maximum absolute atomic E-state index is 13.2. The molecule has 3 fully saturated rings. The molecule has 0 atom stereocenters. The number of carbonyl (C=O) groups excluding carboxylic acids is 3. The fourth-order valence-corrected chi connectivity index (χ4v) is 4.56. The number of halogens is 1. The maximum Gasteiger partial charge on any atom is 0.325 e. The van der Waals surface area contributed by atoms with Crippen molar-refractivity contribution in [2.24, 2.45) is 5.92 Å². The molecule has 4 rings (SSSR count). The lowest BCUT2D eigenvalue weighted by molar-refractivity contribution is -0.140. The summed E-state index contributed by atoms with van der Waals surface area (Å²) in [5, 5.41) is 2.88. The van der Waals surface area contributed by atoms with E-state index in [2.05, 4.69) is 12.2 Å². The Kier molecular flexibility index (Phi) is 5.32. The molecule has 0 unspecified atom stereocenters. The van der Waals surface area contributed by atoms with Crippen LogP contribution >= 0.6 is 0 Å². The van der Waals surface area contributed by atoms with Gasteiger partial charge >= 0.3 is 6.03 Å². The highest BCUT2D eigenvalue weighted by atomic mass is 19.1. The van der Waals surface area contributed by atoms with Crippen molar-refractivity contribution in [1.82, 2.24) is 15.1 Å². The zero-order valence-corrected chi connectivity index (χ0v) is 16.8. The van der Waals surface area contributed by atoms with Crippen molar-refractivity contribution in [3.63, 3.8) is 0 Å². The van der Waals surface area contributed by atoms with E-state index in [4.69, 9.17) is 0 Å². The van der Waals surface area contributed by atoms with Crippen molar-refractivity contribution in [3.05, 3.63) is 35.6 Å². The van der Waals surface area contributed by atoms with Crippen LogP contribution in [0.3, 0.4) is 0 Å². The van der Waals surface area contributed by atoms with E-state index in [-0.39, 0.29) is 30.2 Å². The fraction of sp³-hybridized carbons (Fsp3) is 0.591. The summed E-state index contributed by atoms with van der Waals surface area (Å²) in [6.45, 7) is 2.27. The van der Waals surface area contributed by atoms with Gasteiger partial charge in [-0.1, -0.05) is 25.5 Å². The van der Waals surface area contributed by atoms with Gasteiger partial charge in [0.25, 0.3) is 5.91 Å². The van der Waals surface area contributed by atoms with Gasteiger partial charge in [0.2, 0.25) is 5.91 Å². The summed E-state index contributed by atoms with van der Waals surface area (Å²) in [6, 6.07) is 5.73. The van der Waals surface area contributed by atoms with E-state index >= 15 is 0 Å². The predicted octanol–water partition coefficient (Wildman–Crippen LogP) is 3.21. The molecule has 1 spiro atoms. The van der Waals surface area contributed by atoms with Crippen LogP contribution in [0.2, 0.25) is 0 Å². The van der Waals surface area contributed by atoms with Crippen LogP contribution in [0.15, 0.2) is 24.3 Å². The van der Waals surface area contributed by atoms with Gasteiger partial charge in [0.1, 0.15) is 17.9 Å². The smallest absolute Gasteiger partial charge is 0.325 e. The Morgan fingerprint density at radius 2 is 1.83 bits per heavy atom. The van der Waals surface area contributed by atoms with E-state index in [9.17, 15) is 18.8 Å². The first-order valence-electron chi connectivity index (χ1n) is 10.6. The lowest BCUT2D eigenvalue weighted by Crippen LogP contribution is -2.50. The normalized spacial score (nSPS) is 26.7. The number of rotatable bonds is 6. The van der Waals surface area contributed by atoms with Crippen LogP contribution in [0.1, 0.15) is 57.4 Å². The van der Waals surface area contributed by atoms with Gasteiger partial charge in [-0.25, -0.2) is 9.18 Å². The summed E-state index contributed by atoms with van der Waals surface area (Å²) >= 11 is 0. The third-order valence-corrected chi connectivity index (χ3v) is 6.65.